The minimum Gasteiger partial charge on any atom is -0.497 e. The summed E-state index contributed by atoms with van der Waals surface area (Å²) in [6.45, 7) is 0. The molecule has 0 aliphatic rings. The summed E-state index contributed by atoms with van der Waals surface area (Å²) in [6, 6.07) is 23.8. The van der Waals surface area contributed by atoms with Crippen molar-refractivity contribution in [1.82, 2.24) is 10.1 Å². The lowest BCUT2D eigenvalue weighted by molar-refractivity contribution is 0.102. The number of hydrogen-bond acceptors (Lipinski definition) is 5. The molecule has 1 amide bonds. The molecule has 0 radical (unpaired) electrons. The SMILES string of the molecule is COc1cccc(C(=O)Nc2ccccc2-c2nc(-c3ccccc3)no2)c1. The summed E-state index contributed by atoms with van der Waals surface area (Å²) < 4.78 is 10.6. The number of hydrogen-bond donors (Lipinski definition) is 1. The van der Waals surface area contributed by atoms with Gasteiger partial charge in [0, 0.05) is 11.1 Å². The van der Waals surface area contributed by atoms with Gasteiger partial charge in [0.05, 0.1) is 18.4 Å². The Morgan fingerprint density at radius 2 is 1.75 bits per heavy atom. The molecule has 3 aromatic carbocycles. The first-order valence-corrected chi connectivity index (χ1v) is 8.68. The summed E-state index contributed by atoms with van der Waals surface area (Å²) in [5.74, 6) is 1.18. The quantitative estimate of drug-likeness (QED) is 0.552. The Bertz CT molecular complexity index is 1110. The molecule has 0 spiro atoms. The number of aromatic nitrogens is 2. The van der Waals surface area contributed by atoms with Gasteiger partial charge in [0.1, 0.15) is 5.75 Å². The van der Waals surface area contributed by atoms with Crippen molar-refractivity contribution in [2.45, 2.75) is 0 Å². The topological polar surface area (TPSA) is 77.2 Å². The first-order valence-electron chi connectivity index (χ1n) is 8.68. The third-order valence-corrected chi connectivity index (χ3v) is 4.20. The Morgan fingerprint density at radius 1 is 0.964 bits per heavy atom. The van der Waals surface area contributed by atoms with Gasteiger partial charge >= 0.3 is 0 Å². The largest absolute Gasteiger partial charge is 0.497 e. The maximum absolute atomic E-state index is 12.7. The summed E-state index contributed by atoms with van der Waals surface area (Å²) in [6.07, 6.45) is 0. The summed E-state index contributed by atoms with van der Waals surface area (Å²) in [5.41, 5.74) is 2.58. The number of nitrogens with zero attached hydrogens (tertiary/aromatic N) is 2. The van der Waals surface area contributed by atoms with Crippen LogP contribution in [0.4, 0.5) is 5.69 Å². The lowest BCUT2D eigenvalue weighted by Crippen LogP contribution is -2.12. The number of para-hydroxylation sites is 1. The molecular formula is C22H17N3O3. The van der Waals surface area contributed by atoms with Gasteiger partial charge in [0.25, 0.3) is 11.8 Å². The van der Waals surface area contributed by atoms with E-state index in [1.54, 1.807) is 37.4 Å². The van der Waals surface area contributed by atoms with Crippen molar-refractivity contribution in [1.29, 1.82) is 0 Å². The van der Waals surface area contributed by atoms with Gasteiger partial charge < -0.3 is 14.6 Å². The Balaban J connectivity index is 1.62. The van der Waals surface area contributed by atoms with Crippen LogP contribution in [0.1, 0.15) is 10.4 Å². The van der Waals surface area contributed by atoms with Crippen LogP contribution in [0, 0.1) is 0 Å². The number of carbonyl (C=O) groups is 1. The van der Waals surface area contributed by atoms with E-state index in [1.165, 1.54) is 0 Å². The Morgan fingerprint density at radius 3 is 2.57 bits per heavy atom. The van der Waals surface area contributed by atoms with Crippen LogP contribution in [-0.4, -0.2) is 23.2 Å². The molecule has 0 atom stereocenters. The molecule has 6 heteroatoms. The van der Waals surface area contributed by atoms with Crippen LogP contribution in [0.25, 0.3) is 22.8 Å². The lowest BCUT2D eigenvalue weighted by Gasteiger charge is -2.09. The molecule has 0 bridgehead atoms. The van der Waals surface area contributed by atoms with E-state index in [0.717, 1.165) is 5.56 Å². The molecule has 4 aromatic rings. The van der Waals surface area contributed by atoms with Crippen molar-refractivity contribution in [2.24, 2.45) is 0 Å². The number of benzene rings is 3. The number of carbonyl (C=O) groups excluding carboxylic acids is 1. The molecular weight excluding hydrogens is 354 g/mol. The fourth-order valence-corrected chi connectivity index (χ4v) is 2.77. The maximum atomic E-state index is 12.7. The van der Waals surface area contributed by atoms with Gasteiger partial charge in [0.15, 0.2) is 0 Å². The average molecular weight is 371 g/mol. The zero-order valence-corrected chi connectivity index (χ0v) is 15.1. The van der Waals surface area contributed by atoms with E-state index in [9.17, 15) is 4.79 Å². The second-order valence-corrected chi connectivity index (χ2v) is 6.02. The number of methoxy groups -OCH3 is 1. The van der Waals surface area contributed by atoms with Crippen LogP contribution in [0.2, 0.25) is 0 Å². The molecule has 0 saturated heterocycles. The molecule has 0 fully saturated rings. The predicted molar refractivity (Wildman–Crippen MR) is 106 cm³/mol. The van der Waals surface area contributed by atoms with Gasteiger partial charge in [0.2, 0.25) is 5.82 Å². The number of nitrogens with one attached hydrogen (secondary N) is 1. The zero-order valence-electron chi connectivity index (χ0n) is 15.1. The fraction of sp³-hybridized carbons (Fsp3) is 0.0455. The van der Waals surface area contributed by atoms with Gasteiger partial charge in [-0.1, -0.05) is 53.7 Å². The summed E-state index contributed by atoms with van der Waals surface area (Å²) >= 11 is 0. The number of rotatable bonds is 5. The predicted octanol–water partition coefficient (Wildman–Crippen LogP) is 4.66. The molecule has 1 aromatic heterocycles. The van der Waals surface area contributed by atoms with Gasteiger partial charge in [-0.3, -0.25) is 4.79 Å². The summed E-state index contributed by atoms with van der Waals surface area (Å²) in [7, 11) is 1.56. The van der Waals surface area contributed by atoms with Gasteiger partial charge in [-0.05, 0) is 30.3 Å². The maximum Gasteiger partial charge on any atom is 0.260 e. The van der Waals surface area contributed by atoms with Crippen molar-refractivity contribution in [2.75, 3.05) is 12.4 Å². The van der Waals surface area contributed by atoms with Crippen molar-refractivity contribution in [3.63, 3.8) is 0 Å². The number of ether oxygens (including phenoxy) is 1. The number of amides is 1. The highest BCUT2D eigenvalue weighted by molar-refractivity contribution is 6.06. The molecule has 4 rings (SSSR count). The molecule has 1 N–H and O–H groups in total. The Hall–Kier alpha value is -3.93. The third kappa shape index (κ3) is 3.61. The van der Waals surface area contributed by atoms with Gasteiger partial charge in [-0.2, -0.15) is 4.98 Å². The van der Waals surface area contributed by atoms with Crippen LogP contribution in [-0.2, 0) is 0 Å². The van der Waals surface area contributed by atoms with Gasteiger partial charge in [-0.25, -0.2) is 0 Å². The minimum atomic E-state index is -0.255. The van der Waals surface area contributed by atoms with Crippen molar-refractivity contribution in [3.05, 3.63) is 84.4 Å². The van der Waals surface area contributed by atoms with E-state index in [1.807, 2.05) is 48.5 Å². The lowest BCUT2D eigenvalue weighted by atomic mass is 10.1. The second kappa shape index (κ2) is 7.75. The van der Waals surface area contributed by atoms with Crippen LogP contribution in [0.5, 0.6) is 5.75 Å². The number of anilines is 1. The highest BCUT2D eigenvalue weighted by atomic mass is 16.5. The van der Waals surface area contributed by atoms with E-state index >= 15 is 0 Å². The van der Waals surface area contributed by atoms with Crippen LogP contribution < -0.4 is 10.1 Å². The molecule has 0 aliphatic carbocycles. The van der Waals surface area contributed by atoms with E-state index in [4.69, 9.17) is 9.26 Å². The normalized spacial score (nSPS) is 10.5. The summed E-state index contributed by atoms with van der Waals surface area (Å²) in [5, 5.41) is 6.95. The van der Waals surface area contributed by atoms with Crippen molar-refractivity contribution >= 4 is 11.6 Å². The van der Waals surface area contributed by atoms with Crippen LogP contribution in [0.15, 0.2) is 83.4 Å². The second-order valence-electron chi connectivity index (χ2n) is 6.02. The Labute approximate surface area is 161 Å². The standard InChI is InChI=1S/C22H17N3O3/c1-27-17-11-7-10-16(14-17)21(26)23-19-13-6-5-12-18(19)22-24-20(25-28-22)15-8-3-2-4-9-15/h2-14H,1H3,(H,23,26). The monoisotopic (exact) mass is 371 g/mol. The molecule has 6 nitrogen and oxygen atoms in total. The van der Waals surface area contributed by atoms with Crippen LogP contribution in [0.3, 0.4) is 0 Å². The molecule has 0 unspecified atom stereocenters. The first-order chi connectivity index (χ1) is 13.7. The van der Waals surface area contributed by atoms with Crippen LogP contribution >= 0.6 is 0 Å². The van der Waals surface area contributed by atoms with Gasteiger partial charge in [-0.15, -0.1) is 0 Å². The van der Waals surface area contributed by atoms with Crippen molar-refractivity contribution in [3.8, 4) is 28.6 Å². The minimum absolute atomic E-state index is 0.255. The Kier molecular flexibility index (Phi) is 4.84. The molecule has 28 heavy (non-hydrogen) atoms. The van der Waals surface area contributed by atoms with E-state index in [2.05, 4.69) is 15.5 Å². The van der Waals surface area contributed by atoms with E-state index in [-0.39, 0.29) is 5.91 Å². The first kappa shape index (κ1) is 17.5. The highest BCUT2D eigenvalue weighted by Gasteiger charge is 2.16. The zero-order chi connectivity index (χ0) is 19.3. The fourth-order valence-electron chi connectivity index (χ4n) is 2.77. The van der Waals surface area contributed by atoms with E-state index < -0.39 is 0 Å². The summed E-state index contributed by atoms with van der Waals surface area (Å²) in [4.78, 5) is 17.1. The van der Waals surface area contributed by atoms with Crippen molar-refractivity contribution < 1.29 is 14.1 Å². The molecule has 0 saturated carbocycles. The smallest absolute Gasteiger partial charge is 0.260 e. The highest BCUT2D eigenvalue weighted by Crippen LogP contribution is 2.29. The molecule has 138 valence electrons. The van der Waals surface area contributed by atoms with E-state index in [0.29, 0.717) is 34.3 Å². The average Bonchev–Trinajstić information content (AvgIpc) is 3.25. The molecule has 1 heterocycles. The molecule has 0 aliphatic heterocycles. The third-order valence-electron chi connectivity index (χ3n) is 4.20.